The van der Waals surface area contributed by atoms with Crippen LogP contribution in [0.15, 0.2) is 18.3 Å². The van der Waals surface area contributed by atoms with Gasteiger partial charge in [-0.05, 0) is 43.5 Å². The summed E-state index contributed by atoms with van der Waals surface area (Å²) in [6, 6.07) is 4.19. The summed E-state index contributed by atoms with van der Waals surface area (Å²) in [4.78, 5) is 5.08. The van der Waals surface area contributed by atoms with Gasteiger partial charge in [0.25, 0.3) is 0 Å². The SMILES string of the molecule is Cc1cc(C)c(C)c(OCc2ncc(CO)s2)c1. The largest absolute Gasteiger partial charge is 0.486 e. The molecule has 3 nitrogen and oxygen atoms in total. The monoisotopic (exact) mass is 263 g/mol. The molecule has 0 aliphatic heterocycles. The van der Waals surface area contributed by atoms with Crippen LogP contribution in [0.25, 0.3) is 0 Å². The van der Waals surface area contributed by atoms with Gasteiger partial charge in [0.05, 0.1) is 11.5 Å². The van der Waals surface area contributed by atoms with Crippen LogP contribution in [0.1, 0.15) is 26.6 Å². The van der Waals surface area contributed by atoms with E-state index in [4.69, 9.17) is 9.84 Å². The Kier molecular flexibility index (Phi) is 3.99. The minimum Gasteiger partial charge on any atom is -0.486 e. The molecule has 0 amide bonds. The topological polar surface area (TPSA) is 42.4 Å². The average Bonchev–Trinajstić information content (AvgIpc) is 2.80. The number of hydrogen-bond acceptors (Lipinski definition) is 4. The Morgan fingerprint density at radius 3 is 2.72 bits per heavy atom. The van der Waals surface area contributed by atoms with Crippen molar-refractivity contribution in [2.24, 2.45) is 0 Å². The third-order valence-electron chi connectivity index (χ3n) is 2.87. The maximum atomic E-state index is 8.98. The van der Waals surface area contributed by atoms with Crippen LogP contribution < -0.4 is 4.74 Å². The molecule has 0 unspecified atom stereocenters. The first-order valence-corrected chi connectivity index (χ1v) is 6.67. The minimum absolute atomic E-state index is 0.0419. The van der Waals surface area contributed by atoms with E-state index in [9.17, 15) is 0 Å². The van der Waals surface area contributed by atoms with Crippen molar-refractivity contribution in [3.05, 3.63) is 44.9 Å². The van der Waals surface area contributed by atoms with Crippen molar-refractivity contribution < 1.29 is 9.84 Å². The second kappa shape index (κ2) is 5.50. The van der Waals surface area contributed by atoms with Gasteiger partial charge in [0.15, 0.2) is 0 Å². The number of rotatable bonds is 4. The maximum absolute atomic E-state index is 8.98. The van der Waals surface area contributed by atoms with Crippen LogP contribution in [0.3, 0.4) is 0 Å². The van der Waals surface area contributed by atoms with Gasteiger partial charge in [0.1, 0.15) is 17.4 Å². The molecule has 0 aliphatic carbocycles. The van der Waals surface area contributed by atoms with Crippen LogP contribution in [0.2, 0.25) is 0 Å². The van der Waals surface area contributed by atoms with E-state index in [-0.39, 0.29) is 6.61 Å². The molecule has 1 heterocycles. The number of aliphatic hydroxyl groups excluding tert-OH is 1. The molecule has 1 aromatic heterocycles. The lowest BCUT2D eigenvalue weighted by atomic mass is 10.1. The standard InChI is InChI=1S/C14H17NO2S/c1-9-4-10(2)11(3)13(5-9)17-8-14-15-6-12(7-16)18-14/h4-6,16H,7-8H2,1-3H3. The second-order valence-electron chi connectivity index (χ2n) is 4.37. The van der Waals surface area contributed by atoms with E-state index in [2.05, 4.69) is 31.8 Å². The summed E-state index contributed by atoms with van der Waals surface area (Å²) in [6.07, 6.45) is 1.69. The van der Waals surface area contributed by atoms with Crippen LogP contribution in [-0.2, 0) is 13.2 Å². The molecule has 96 valence electrons. The van der Waals surface area contributed by atoms with Crippen LogP contribution >= 0.6 is 11.3 Å². The van der Waals surface area contributed by atoms with Crippen molar-refractivity contribution in [1.82, 2.24) is 4.98 Å². The molecule has 1 N–H and O–H groups in total. The van der Waals surface area contributed by atoms with Gasteiger partial charge in [-0.1, -0.05) is 6.07 Å². The van der Waals surface area contributed by atoms with Crippen LogP contribution in [-0.4, -0.2) is 10.1 Å². The fourth-order valence-corrected chi connectivity index (χ4v) is 2.47. The maximum Gasteiger partial charge on any atom is 0.140 e. The number of nitrogens with zero attached hydrogens (tertiary/aromatic N) is 1. The molecule has 18 heavy (non-hydrogen) atoms. The Morgan fingerprint density at radius 1 is 1.28 bits per heavy atom. The lowest BCUT2D eigenvalue weighted by Crippen LogP contribution is -1.98. The summed E-state index contributed by atoms with van der Waals surface area (Å²) in [6.45, 7) is 6.70. The molecule has 0 aliphatic rings. The van der Waals surface area contributed by atoms with Gasteiger partial charge < -0.3 is 9.84 Å². The molecule has 0 bridgehead atoms. The van der Waals surface area contributed by atoms with Crippen LogP contribution in [0.5, 0.6) is 5.75 Å². The van der Waals surface area contributed by atoms with E-state index in [0.29, 0.717) is 6.61 Å². The Labute approximate surface area is 111 Å². The predicted octanol–water partition coefficient (Wildman–Crippen LogP) is 3.14. The Hall–Kier alpha value is -1.39. The Bertz CT molecular complexity index is 549. The summed E-state index contributed by atoms with van der Waals surface area (Å²) < 4.78 is 5.81. The van der Waals surface area contributed by atoms with Gasteiger partial charge in [0, 0.05) is 6.20 Å². The van der Waals surface area contributed by atoms with E-state index < -0.39 is 0 Å². The first kappa shape index (κ1) is 13.1. The fourth-order valence-electron chi connectivity index (χ4n) is 1.78. The Balaban J connectivity index is 2.10. The van der Waals surface area contributed by atoms with Gasteiger partial charge in [-0.3, -0.25) is 0 Å². The highest BCUT2D eigenvalue weighted by atomic mass is 32.1. The molecular formula is C14H17NO2S. The van der Waals surface area contributed by atoms with Crippen LogP contribution in [0.4, 0.5) is 0 Å². The predicted molar refractivity (Wildman–Crippen MR) is 73.0 cm³/mol. The highest BCUT2D eigenvalue weighted by Gasteiger charge is 2.06. The number of aryl methyl sites for hydroxylation is 2. The number of hydrogen-bond donors (Lipinski definition) is 1. The van der Waals surface area contributed by atoms with Crippen molar-refractivity contribution in [2.75, 3.05) is 0 Å². The average molecular weight is 263 g/mol. The van der Waals surface area contributed by atoms with Crippen molar-refractivity contribution in [2.45, 2.75) is 34.0 Å². The van der Waals surface area contributed by atoms with Gasteiger partial charge >= 0.3 is 0 Å². The van der Waals surface area contributed by atoms with E-state index in [0.717, 1.165) is 15.6 Å². The van der Waals surface area contributed by atoms with Gasteiger partial charge in [-0.25, -0.2) is 4.98 Å². The lowest BCUT2D eigenvalue weighted by molar-refractivity contribution is 0.285. The van der Waals surface area contributed by atoms with E-state index in [1.54, 1.807) is 6.20 Å². The number of ether oxygens (including phenoxy) is 1. The highest BCUT2D eigenvalue weighted by Crippen LogP contribution is 2.24. The molecular weight excluding hydrogens is 246 g/mol. The summed E-state index contributed by atoms with van der Waals surface area (Å²) >= 11 is 1.48. The van der Waals surface area contributed by atoms with Crippen molar-refractivity contribution >= 4 is 11.3 Å². The highest BCUT2D eigenvalue weighted by molar-refractivity contribution is 7.11. The molecule has 0 atom stereocenters. The molecule has 0 spiro atoms. The number of aromatic nitrogens is 1. The third kappa shape index (κ3) is 2.89. The van der Waals surface area contributed by atoms with Crippen molar-refractivity contribution in [3.8, 4) is 5.75 Å². The summed E-state index contributed by atoms with van der Waals surface area (Å²) in [5.41, 5.74) is 3.60. The quantitative estimate of drug-likeness (QED) is 0.921. The summed E-state index contributed by atoms with van der Waals surface area (Å²) in [5.74, 6) is 0.910. The third-order valence-corrected chi connectivity index (χ3v) is 3.83. The molecule has 4 heteroatoms. The first-order chi connectivity index (χ1) is 8.60. The molecule has 1 aromatic carbocycles. The van der Waals surface area contributed by atoms with Crippen LogP contribution in [0, 0.1) is 20.8 Å². The smallest absolute Gasteiger partial charge is 0.140 e. The number of thiazole rings is 1. The van der Waals surface area contributed by atoms with E-state index in [1.807, 2.05) is 6.07 Å². The molecule has 0 fully saturated rings. The lowest BCUT2D eigenvalue weighted by Gasteiger charge is -2.11. The van der Waals surface area contributed by atoms with Gasteiger partial charge in [0.2, 0.25) is 0 Å². The number of benzene rings is 1. The van der Waals surface area contributed by atoms with Gasteiger partial charge in [-0.2, -0.15) is 0 Å². The van der Waals surface area contributed by atoms with Crippen molar-refractivity contribution in [3.63, 3.8) is 0 Å². The Morgan fingerprint density at radius 2 is 2.06 bits per heavy atom. The van der Waals surface area contributed by atoms with Gasteiger partial charge in [-0.15, -0.1) is 11.3 Å². The zero-order valence-electron chi connectivity index (χ0n) is 10.9. The molecule has 0 saturated carbocycles. The number of aliphatic hydroxyl groups is 1. The normalized spacial score (nSPS) is 10.7. The molecule has 2 aromatic rings. The second-order valence-corrected chi connectivity index (χ2v) is 5.57. The summed E-state index contributed by atoms with van der Waals surface area (Å²) in [5, 5.41) is 9.87. The van der Waals surface area contributed by atoms with Crippen molar-refractivity contribution in [1.29, 1.82) is 0 Å². The zero-order valence-corrected chi connectivity index (χ0v) is 11.7. The zero-order chi connectivity index (χ0) is 13.1. The molecule has 2 rings (SSSR count). The molecule has 0 saturated heterocycles. The van der Waals surface area contributed by atoms with E-state index >= 15 is 0 Å². The molecule has 0 radical (unpaired) electrons. The summed E-state index contributed by atoms with van der Waals surface area (Å²) in [7, 11) is 0. The van der Waals surface area contributed by atoms with E-state index in [1.165, 1.54) is 28.0 Å². The first-order valence-electron chi connectivity index (χ1n) is 5.85. The fraction of sp³-hybridized carbons (Fsp3) is 0.357. The minimum atomic E-state index is 0.0419.